The highest BCUT2D eigenvalue weighted by Crippen LogP contribution is 2.37. The topological polar surface area (TPSA) is 146 Å². The van der Waals surface area contributed by atoms with Gasteiger partial charge in [-0.1, -0.05) is 25.1 Å². The number of esters is 1. The Labute approximate surface area is 309 Å². The van der Waals surface area contributed by atoms with Gasteiger partial charge in [0.15, 0.2) is 18.1 Å². The smallest absolute Gasteiger partial charge is 0.456 e. The van der Waals surface area contributed by atoms with Crippen LogP contribution in [0.1, 0.15) is 64.5 Å². The van der Waals surface area contributed by atoms with Crippen molar-refractivity contribution < 1.29 is 49.5 Å². The van der Waals surface area contributed by atoms with Crippen molar-refractivity contribution in [2.45, 2.75) is 78.2 Å². The summed E-state index contributed by atoms with van der Waals surface area (Å²) in [4.78, 5) is 56.7. The van der Waals surface area contributed by atoms with E-state index in [4.69, 9.17) is 13.6 Å². The van der Waals surface area contributed by atoms with Crippen LogP contribution in [0.15, 0.2) is 67.1 Å². The molecule has 5 rings (SSSR count). The molecule has 0 aliphatic carbocycles. The van der Waals surface area contributed by atoms with Crippen LogP contribution in [0.25, 0.3) is 22.0 Å². The largest absolute Gasteiger partial charge is 0.519 e. The highest BCUT2D eigenvalue weighted by Gasteiger charge is 2.38. The molecule has 2 atom stereocenters. The monoisotopic (exact) mass is 774 g/mol. The SMILES string of the molecule is CC[C@@H](Nc1cc(C)c(C(=O)N[C@@H](Cc2ccc(-c3c(C(C)(F)F)cc(C)n(C)c3=O)c3ncccc23)C(=O)OCc2oc(=O)oc2C)c(F)c1)C(F)(F)F. The molecule has 55 heavy (non-hydrogen) atoms. The third kappa shape index (κ3) is 8.60. The number of anilines is 1. The molecule has 1 amide bonds. The third-order valence-electron chi connectivity index (χ3n) is 9.13. The number of carbonyl (C=O) groups is 2. The van der Waals surface area contributed by atoms with Gasteiger partial charge in [0.1, 0.15) is 17.9 Å². The Bertz CT molecular complexity index is 2370. The number of amides is 1. The molecule has 0 unspecified atom stereocenters. The number of aryl methyl sites for hydroxylation is 3. The average Bonchev–Trinajstić information content (AvgIpc) is 3.43. The summed E-state index contributed by atoms with van der Waals surface area (Å²) >= 11 is 0. The summed E-state index contributed by atoms with van der Waals surface area (Å²) < 4.78 is 102. The molecular formula is C38H36F6N4O7. The van der Waals surface area contributed by atoms with Crippen LogP contribution in [-0.4, -0.2) is 39.7 Å². The molecule has 2 aromatic carbocycles. The number of carbonyl (C=O) groups excluding carboxylic acids is 2. The summed E-state index contributed by atoms with van der Waals surface area (Å²) in [6.45, 7) is 5.58. The minimum Gasteiger partial charge on any atom is -0.456 e. The number of benzene rings is 2. The molecule has 0 aliphatic heterocycles. The molecule has 0 fully saturated rings. The Morgan fingerprint density at radius 1 is 1.02 bits per heavy atom. The predicted octanol–water partition coefficient (Wildman–Crippen LogP) is 7.16. The van der Waals surface area contributed by atoms with Crippen LogP contribution in [0.4, 0.5) is 32.0 Å². The maximum absolute atomic E-state index is 15.5. The zero-order valence-electron chi connectivity index (χ0n) is 30.4. The van der Waals surface area contributed by atoms with Crippen molar-refractivity contribution in [2.75, 3.05) is 5.32 Å². The number of aromatic nitrogens is 2. The summed E-state index contributed by atoms with van der Waals surface area (Å²) in [5, 5.41) is 4.97. The van der Waals surface area contributed by atoms with Crippen molar-refractivity contribution in [1.82, 2.24) is 14.9 Å². The Kier molecular flexibility index (Phi) is 11.3. The van der Waals surface area contributed by atoms with Gasteiger partial charge in [-0.15, -0.1) is 0 Å². The van der Waals surface area contributed by atoms with Crippen molar-refractivity contribution in [3.05, 3.63) is 115 Å². The lowest BCUT2D eigenvalue weighted by Crippen LogP contribution is -2.44. The number of nitrogens with one attached hydrogen (secondary N) is 2. The van der Waals surface area contributed by atoms with E-state index in [0.717, 1.165) is 12.1 Å². The van der Waals surface area contributed by atoms with Crippen molar-refractivity contribution in [3.8, 4) is 11.1 Å². The standard InChI is InChI=1S/C38H36F6N4O7/c1-7-29(38(42,43)44)46-22-13-18(2)30(26(39)16-22)33(49)47-27(35(51)53-17-28-20(4)54-36(52)55-28)15-21-10-11-24(32-23(21)9-8-12-45-32)31-25(37(5,40)41)14-19(3)48(6)34(31)50/h8-14,16,27,29,46H,7,15,17H2,1-6H3,(H,47,49)/t27-,29+/m0/s1. The van der Waals surface area contributed by atoms with Gasteiger partial charge in [-0.3, -0.25) is 14.6 Å². The molecule has 3 aromatic heterocycles. The molecule has 0 bridgehead atoms. The first-order valence-corrected chi connectivity index (χ1v) is 16.9. The van der Waals surface area contributed by atoms with E-state index in [2.05, 4.69) is 15.6 Å². The van der Waals surface area contributed by atoms with Crippen LogP contribution < -0.4 is 22.0 Å². The average molecular weight is 775 g/mol. The zero-order chi connectivity index (χ0) is 40.6. The lowest BCUT2D eigenvalue weighted by atomic mass is 9.91. The Morgan fingerprint density at radius 3 is 2.33 bits per heavy atom. The zero-order valence-corrected chi connectivity index (χ0v) is 30.4. The van der Waals surface area contributed by atoms with Crippen LogP contribution in [0.5, 0.6) is 0 Å². The number of halogens is 6. The molecule has 2 N–H and O–H groups in total. The van der Waals surface area contributed by atoms with Crippen LogP contribution in [0.2, 0.25) is 0 Å². The number of hydrogen-bond acceptors (Lipinski definition) is 9. The van der Waals surface area contributed by atoms with Crippen LogP contribution in [-0.2, 0) is 35.5 Å². The van der Waals surface area contributed by atoms with Gasteiger partial charge in [-0.2, -0.15) is 13.2 Å². The van der Waals surface area contributed by atoms with Gasteiger partial charge in [0.05, 0.1) is 16.6 Å². The van der Waals surface area contributed by atoms with Crippen LogP contribution in [0, 0.1) is 26.6 Å². The second-order valence-corrected chi connectivity index (χ2v) is 13.1. The Hall–Kier alpha value is -5.87. The van der Waals surface area contributed by atoms with E-state index in [1.165, 1.54) is 69.8 Å². The number of nitrogens with zero attached hydrogens (tertiary/aromatic N) is 2. The lowest BCUT2D eigenvalue weighted by Gasteiger charge is -2.23. The van der Waals surface area contributed by atoms with Crippen LogP contribution in [0.3, 0.4) is 0 Å². The van der Waals surface area contributed by atoms with Gasteiger partial charge < -0.3 is 28.8 Å². The fraction of sp³-hybridized carbons (Fsp3) is 0.342. The molecule has 292 valence electrons. The summed E-state index contributed by atoms with van der Waals surface area (Å²) in [6, 6.07) is 5.48. The van der Waals surface area contributed by atoms with Gasteiger partial charge in [0, 0.05) is 54.5 Å². The maximum Gasteiger partial charge on any atom is 0.519 e. The van der Waals surface area contributed by atoms with E-state index in [-0.39, 0.29) is 52.3 Å². The summed E-state index contributed by atoms with van der Waals surface area (Å²) in [7, 11) is 1.44. The molecular weight excluding hydrogens is 738 g/mol. The van der Waals surface area contributed by atoms with Gasteiger partial charge in [0.25, 0.3) is 17.4 Å². The Morgan fingerprint density at radius 2 is 1.73 bits per heavy atom. The fourth-order valence-electron chi connectivity index (χ4n) is 6.16. The number of alkyl halides is 5. The minimum absolute atomic E-state index is 0.0209. The van der Waals surface area contributed by atoms with E-state index < -0.39 is 71.0 Å². The first kappa shape index (κ1) is 40.3. The molecule has 0 aliphatic rings. The first-order chi connectivity index (χ1) is 25.7. The number of fused-ring (bicyclic) bond motifs is 1. The van der Waals surface area contributed by atoms with E-state index >= 15 is 4.39 Å². The third-order valence-corrected chi connectivity index (χ3v) is 9.13. The van der Waals surface area contributed by atoms with Crippen molar-refractivity contribution >= 4 is 28.5 Å². The summed E-state index contributed by atoms with van der Waals surface area (Å²) in [5.41, 5.74) is -1.54. The fourth-order valence-corrected chi connectivity index (χ4v) is 6.16. The van der Waals surface area contributed by atoms with E-state index in [1.807, 2.05) is 0 Å². The van der Waals surface area contributed by atoms with Gasteiger partial charge in [-0.05, 0) is 62.6 Å². The highest BCUT2D eigenvalue weighted by molar-refractivity contribution is 6.00. The number of hydrogen-bond donors (Lipinski definition) is 2. The van der Waals surface area contributed by atoms with Gasteiger partial charge in [0.2, 0.25) is 0 Å². The molecule has 0 saturated heterocycles. The number of rotatable bonds is 12. The lowest BCUT2D eigenvalue weighted by molar-refractivity contribution is -0.148. The van der Waals surface area contributed by atoms with E-state index in [1.54, 1.807) is 6.07 Å². The molecule has 5 aromatic rings. The first-order valence-electron chi connectivity index (χ1n) is 16.9. The van der Waals surface area contributed by atoms with Crippen molar-refractivity contribution in [1.29, 1.82) is 0 Å². The van der Waals surface area contributed by atoms with Crippen molar-refractivity contribution in [3.63, 3.8) is 0 Å². The van der Waals surface area contributed by atoms with Gasteiger partial charge >= 0.3 is 18.0 Å². The molecule has 11 nitrogen and oxygen atoms in total. The number of ether oxygens (including phenoxy) is 1. The molecule has 17 heteroatoms. The summed E-state index contributed by atoms with van der Waals surface area (Å²) in [6.07, 6.45) is -3.95. The normalized spacial score (nSPS) is 13.1. The second kappa shape index (κ2) is 15.5. The van der Waals surface area contributed by atoms with Crippen LogP contribution >= 0.6 is 0 Å². The minimum atomic E-state index is -4.63. The second-order valence-electron chi connectivity index (χ2n) is 13.1. The quantitative estimate of drug-likeness (QED) is 0.0997. The van der Waals surface area contributed by atoms with E-state index in [9.17, 15) is 41.1 Å². The van der Waals surface area contributed by atoms with E-state index in [0.29, 0.717) is 23.6 Å². The number of pyridine rings is 2. The molecule has 3 heterocycles. The molecule has 0 spiro atoms. The predicted molar refractivity (Wildman–Crippen MR) is 188 cm³/mol. The van der Waals surface area contributed by atoms with Gasteiger partial charge in [-0.25, -0.2) is 22.8 Å². The Balaban J connectivity index is 1.55. The van der Waals surface area contributed by atoms with Crippen molar-refractivity contribution in [2.24, 2.45) is 7.05 Å². The molecule has 0 radical (unpaired) electrons. The highest BCUT2D eigenvalue weighted by atomic mass is 19.4. The summed E-state index contributed by atoms with van der Waals surface area (Å²) in [5.74, 6) is -7.95. The molecule has 0 saturated carbocycles. The maximum atomic E-state index is 15.5.